The number of amides is 2. The molecular weight excluding hydrogens is 464 g/mol. The zero-order valence-corrected chi connectivity index (χ0v) is 20.2. The van der Waals surface area contributed by atoms with Crippen molar-refractivity contribution in [2.45, 2.75) is 13.5 Å². The monoisotopic (exact) mass is 490 g/mol. The van der Waals surface area contributed by atoms with Gasteiger partial charge in [0, 0.05) is 35.0 Å². The SMILES string of the molecule is Cc1cc(C(=O)Nc2ccc(NC(=O)CN3CCOCC3)cc2)c2cnn(Cc3cccs3)c2n1. The molecule has 0 bridgehead atoms. The summed E-state index contributed by atoms with van der Waals surface area (Å²) in [6.07, 6.45) is 1.69. The van der Waals surface area contributed by atoms with Crippen LogP contribution in [-0.2, 0) is 16.1 Å². The molecule has 0 saturated carbocycles. The van der Waals surface area contributed by atoms with Crippen molar-refractivity contribution < 1.29 is 14.3 Å². The summed E-state index contributed by atoms with van der Waals surface area (Å²) in [6, 6.07) is 12.9. The van der Waals surface area contributed by atoms with Crippen LogP contribution in [0.5, 0.6) is 0 Å². The molecular formula is C25H26N6O3S. The highest BCUT2D eigenvalue weighted by Crippen LogP contribution is 2.22. The van der Waals surface area contributed by atoms with Crippen LogP contribution >= 0.6 is 11.3 Å². The van der Waals surface area contributed by atoms with Crippen molar-refractivity contribution in [3.63, 3.8) is 0 Å². The van der Waals surface area contributed by atoms with Crippen LogP contribution in [0.3, 0.4) is 0 Å². The molecule has 35 heavy (non-hydrogen) atoms. The fourth-order valence-electron chi connectivity index (χ4n) is 4.02. The lowest BCUT2D eigenvalue weighted by atomic mass is 10.1. The average molecular weight is 491 g/mol. The van der Waals surface area contributed by atoms with Crippen molar-refractivity contribution in [1.29, 1.82) is 0 Å². The van der Waals surface area contributed by atoms with Crippen molar-refractivity contribution in [2.24, 2.45) is 0 Å². The van der Waals surface area contributed by atoms with Gasteiger partial charge in [0.15, 0.2) is 5.65 Å². The molecule has 180 valence electrons. The van der Waals surface area contributed by atoms with Gasteiger partial charge in [-0.3, -0.25) is 14.5 Å². The van der Waals surface area contributed by atoms with E-state index in [4.69, 9.17) is 4.74 Å². The van der Waals surface area contributed by atoms with Crippen LogP contribution in [0.25, 0.3) is 11.0 Å². The van der Waals surface area contributed by atoms with E-state index in [9.17, 15) is 9.59 Å². The van der Waals surface area contributed by atoms with E-state index < -0.39 is 0 Å². The molecule has 0 aliphatic carbocycles. The van der Waals surface area contributed by atoms with Gasteiger partial charge in [-0.2, -0.15) is 5.10 Å². The van der Waals surface area contributed by atoms with E-state index in [1.165, 1.54) is 4.88 Å². The molecule has 1 aliphatic rings. The highest BCUT2D eigenvalue weighted by Gasteiger charge is 2.17. The normalized spacial score (nSPS) is 14.2. The van der Waals surface area contributed by atoms with E-state index >= 15 is 0 Å². The van der Waals surface area contributed by atoms with Crippen molar-refractivity contribution >= 4 is 45.6 Å². The number of hydrogen-bond acceptors (Lipinski definition) is 7. The number of morpholine rings is 1. The van der Waals surface area contributed by atoms with Crippen LogP contribution in [-0.4, -0.2) is 64.3 Å². The number of carbonyl (C=O) groups excluding carboxylic acids is 2. The lowest BCUT2D eigenvalue weighted by Crippen LogP contribution is -2.41. The molecule has 1 aromatic carbocycles. The maximum atomic E-state index is 13.1. The van der Waals surface area contributed by atoms with Crippen molar-refractivity contribution in [3.8, 4) is 0 Å². The fourth-order valence-corrected chi connectivity index (χ4v) is 4.71. The number of thiophene rings is 1. The topological polar surface area (TPSA) is 101 Å². The summed E-state index contributed by atoms with van der Waals surface area (Å²) >= 11 is 1.66. The number of benzene rings is 1. The molecule has 4 heterocycles. The Balaban J connectivity index is 1.26. The summed E-state index contributed by atoms with van der Waals surface area (Å²) in [5.41, 5.74) is 3.26. The molecule has 9 nitrogen and oxygen atoms in total. The maximum absolute atomic E-state index is 13.1. The molecule has 0 atom stereocenters. The van der Waals surface area contributed by atoms with E-state index in [-0.39, 0.29) is 11.8 Å². The molecule has 1 aliphatic heterocycles. The lowest BCUT2D eigenvalue weighted by molar-refractivity contribution is -0.118. The number of anilines is 2. The summed E-state index contributed by atoms with van der Waals surface area (Å²) in [4.78, 5) is 33.3. The summed E-state index contributed by atoms with van der Waals surface area (Å²) in [6.45, 7) is 5.63. The first-order valence-electron chi connectivity index (χ1n) is 11.4. The van der Waals surface area contributed by atoms with Crippen molar-refractivity contribution in [2.75, 3.05) is 43.5 Å². The number of pyridine rings is 1. The smallest absolute Gasteiger partial charge is 0.256 e. The van der Waals surface area contributed by atoms with Gasteiger partial charge in [0.2, 0.25) is 5.91 Å². The molecule has 5 rings (SSSR count). The van der Waals surface area contributed by atoms with E-state index in [2.05, 4.69) is 31.7 Å². The lowest BCUT2D eigenvalue weighted by Gasteiger charge is -2.25. The average Bonchev–Trinajstić information content (AvgIpc) is 3.51. The standard InChI is InChI=1S/C25H26N6O3S/c1-17-13-21(22-14-26-31(24(22)27-17)15-20-3-2-12-35-20)25(33)29-19-6-4-18(5-7-19)28-23(32)16-30-8-10-34-11-9-30/h2-7,12-14H,8-11,15-16H2,1H3,(H,28,32)(H,29,33). The molecule has 0 radical (unpaired) electrons. The molecule has 3 aromatic heterocycles. The van der Waals surface area contributed by atoms with Gasteiger partial charge in [0.05, 0.1) is 43.4 Å². The Labute approximate surface area is 206 Å². The minimum Gasteiger partial charge on any atom is -0.379 e. The highest BCUT2D eigenvalue weighted by atomic mass is 32.1. The number of ether oxygens (including phenoxy) is 1. The van der Waals surface area contributed by atoms with Gasteiger partial charge in [-0.1, -0.05) is 6.07 Å². The van der Waals surface area contributed by atoms with Gasteiger partial charge in [-0.05, 0) is 48.7 Å². The first kappa shape index (κ1) is 23.2. The number of carbonyl (C=O) groups is 2. The predicted octanol–water partition coefficient (Wildman–Crippen LogP) is 3.37. The third-order valence-corrected chi connectivity index (χ3v) is 6.63. The number of hydrogen-bond donors (Lipinski definition) is 2. The second-order valence-electron chi connectivity index (χ2n) is 8.40. The molecule has 0 spiro atoms. The van der Waals surface area contributed by atoms with Crippen LogP contribution in [0.2, 0.25) is 0 Å². The van der Waals surface area contributed by atoms with Crippen molar-refractivity contribution in [3.05, 3.63) is 70.2 Å². The van der Waals surface area contributed by atoms with Crippen LogP contribution in [0, 0.1) is 6.92 Å². The zero-order chi connectivity index (χ0) is 24.2. The number of nitrogens with one attached hydrogen (secondary N) is 2. The van der Waals surface area contributed by atoms with Gasteiger partial charge in [0.1, 0.15) is 0 Å². The summed E-state index contributed by atoms with van der Waals surface area (Å²) < 4.78 is 7.13. The third kappa shape index (κ3) is 5.56. The maximum Gasteiger partial charge on any atom is 0.256 e. The van der Waals surface area contributed by atoms with Crippen LogP contribution in [0.15, 0.2) is 54.0 Å². The van der Waals surface area contributed by atoms with Gasteiger partial charge >= 0.3 is 0 Å². The Bertz CT molecular complexity index is 1330. The molecule has 2 amide bonds. The molecule has 1 fully saturated rings. The van der Waals surface area contributed by atoms with Crippen LogP contribution < -0.4 is 10.6 Å². The Morgan fingerprint density at radius 1 is 1.09 bits per heavy atom. The number of fused-ring (bicyclic) bond motifs is 1. The molecule has 10 heteroatoms. The Hall–Kier alpha value is -3.60. The van der Waals surface area contributed by atoms with E-state index in [0.29, 0.717) is 54.3 Å². The largest absolute Gasteiger partial charge is 0.379 e. The summed E-state index contributed by atoms with van der Waals surface area (Å²) in [7, 11) is 0. The second kappa shape index (κ2) is 10.3. The van der Waals surface area contributed by atoms with Gasteiger partial charge in [0.25, 0.3) is 5.91 Å². The number of rotatable bonds is 7. The summed E-state index contributed by atoms with van der Waals surface area (Å²) in [5, 5.41) is 13.0. The predicted molar refractivity (Wildman–Crippen MR) is 136 cm³/mol. The van der Waals surface area contributed by atoms with E-state index in [1.54, 1.807) is 47.9 Å². The third-order valence-electron chi connectivity index (χ3n) is 5.77. The minimum atomic E-state index is -0.236. The van der Waals surface area contributed by atoms with Crippen molar-refractivity contribution in [1.82, 2.24) is 19.7 Å². The first-order valence-corrected chi connectivity index (χ1v) is 12.3. The van der Waals surface area contributed by atoms with Gasteiger partial charge in [-0.15, -0.1) is 11.3 Å². The van der Waals surface area contributed by atoms with Gasteiger partial charge in [-0.25, -0.2) is 9.67 Å². The van der Waals surface area contributed by atoms with Gasteiger partial charge < -0.3 is 15.4 Å². The first-order chi connectivity index (χ1) is 17.0. The number of aromatic nitrogens is 3. The zero-order valence-electron chi connectivity index (χ0n) is 19.4. The molecule has 2 N–H and O–H groups in total. The van der Waals surface area contributed by atoms with E-state index in [1.807, 2.05) is 23.1 Å². The second-order valence-corrected chi connectivity index (χ2v) is 9.43. The Morgan fingerprint density at radius 2 is 1.83 bits per heavy atom. The van der Waals surface area contributed by atoms with Crippen LogP contribution in [0.1, 0.15) is 20.9 Å². The Kier molecular flexibility index (Phi) is 6.84. The molecule has 1 saturated heterocycles. The number of aryl methyl sites for hydroxylation is 1. The summed E-state index contributed by atoms with van der Waals surface area (Å²) in [5.74, 6) is -0.307. The fraction of sp³-hybridized carbons (Fsp3) is 0.280. The van der Waals surface area contributed by atoms with E-state index in [0.717, 1.165) is 18.8 Å². The molecule has 0 unspecified atom stereocenters. The number of nitrogens with zero attached hydrogens (tertiary/aromatic N) is 4. The minimum absolute atomic E-state index is 0.0714. The quantitative estimate of drug-likeness (QED) is 0.412. The van der Waals surface area contributed by atoms with Crippen LogP contribution in [0.4, 0.5) is 11.4 Å². The highest BCUT2D eigenvalue weighted by molar-refractivity contribution is 7.09. The molecule has 4 aromatic rings. The Morgan fingerprint density at radius 3 is 2.54 bits per heavy atom.